The number of aryl methyl sites for hydroxylation is 1. The Kier molecular flexibility index (Phi) is 4.00. The van der Waals surface area contributed by atoms with Gasteiger partial charge < -0.3 is 5.32 Å². The van der Waals surface area contributed by atoms with Gasteiger partial charge in [0.2, 0.25) is 5.92 Å². The number of hydrogen-bond acceptors (Lipinski definition) is 2. The predicted octanol–water partition coefficient (Wildman–Crippen LogP) is 2.90. The second kappa shape index (κ2) is 5.34. The van der Waals surface area contributed by atoms with Crippen molar-refractivity contribution in [2.24, 2.45) is 13.0 Å². The van der Waals surface area contributed by atoms with E-state index in [-0.39, 0.29) is 24.8 Å². The zero-order valence-corrected chi connectivity index (χ0v) is 11.0. The third-order valence-electron chi connectivity index (χ3n) is 3.74. The third-order valence-corrected chi connectivity index (χ3v) is 3.74. The minimum Gasteiger partial charge on any atom is -0.310 e. The number of nitrogens with one attached hydrogen (secondary N) is 1. The fraction of sp³-hybridized carbons (Fsp3) is 0.769. The SMILES string of the molecule is CCNC(c1cnn(C)c1)C1CCC(F)(F)CC1. The van der Waals surface area contributed by atoms with Crippen molar-refractivity contribution in [1.29, 1.82) is 0 Å². The van der Waals surface area contributed by atoms with Gasteiger partial charge in [-0.05, 0) is 25.3 Å². The van der Waals surface area contributed by atoms with E-state index in [0.29, 0.717) is 12.8 Å². The fourth-order valence-corrected chi connectivity index (χ4v) is 2.77. The first-order valence-corrected chi connectivity index (χ1v) is 6.61. The lowest BCUT2D eigenvalue weighted by Gasteiger charge is -2.33. The van der Waals surface area contributed by atoms with Gasteiger partial charge in [-0.3, -0.25) is 4.68 Å². The van der Waals surface area contributed by atoms with Crippen molar-refractivity contribution in [3.63, 3.8) is 0 Å². The Morgan fingerprint density at radius 3 is 2.67 bits per heavy atom. The minimum atomic E-state index is -2.46. The fourth-order valence-electron chi connectivity index (χ4n) is 2.77. The van der Waals surface area contributed by atoms with Crippen molar-refractivity contribution < 1.29 is 8.78 Å². The Balaban J connectivity index is 2.07. The van der Waals surface area contributed by atoms with Gasteiger partial charge in [-0.15, -0.1) is 0 Å². The summed E-state index contributed by atoms with van der Waals surface area (Å²) in [6, 6.07) is 0.153. The molecule has 1 aromatic heterocycles. The van der Waals surface area contributed by atoms with E-state index in [1.165, 1.54) is 0 Å². The lowest BCUT2D eigenvalue weighted by atomic mass is 9.80. The van der Waals surface area contributed by atoms with Crippen LogP contribution < -0.4 is 5.32 Å². The minimum absolute atomic E-state index is 0.0137. The molecular formula is C13H21F2N3. The molecule has 18 heavy (non-hydrogen) atoms. The van der Waals surface area contributed by atoms with E-state index >= 15 is 0 Å². The number of nitrogens with zero attached hydrogens (tertiary/aromatic N) is 2. The quantitative estimate of drug-likeness (QED) is 0.898. The van der Waals surface area contributed by atoms with Gasteiger partial charge in [-0.1, -0.05) is 6.92 Å². The molecule has 1 unspecified atom stereocenters. The summed E-state index contributed by atoms with van der Waals surface area (Å²) in [5, 5.41) is 7.58. The maximum absolute atomic E-state index is 13.2. The third kappa shape index (κ3) is 3.07. The molecule has 0 aliphatic heterocycles. The Morgan fingerprint density at radius 2 is 2.17 bits per heavy atom. The maximum Gasteiger partial charge on any atom is 0.248 e. The summed E-state index contributed by atoms with van der Waals surface area (Å²) in [7, 11) is 1.88. The highest BCUT2D eigenvalue weighted by Gasteiger charge is 2.38. The standard InChI is InChI=1S/C13H21F2N3/c1-3-16-12(11-8-17-18(2)9-11)10-4-6-13(14,15)7-5-10/h8-10,12,16H,3-7H2,1-2H3. The highest BCUT2D eigenvalue weighted by atomic mass is 19.3. The molecule has 5 heteroatoms. The highest BCUT2D eigenvalue weighted by Crippen LogP contribution is 2.41. The smallest absolute Gasteiger partial charge is 0.248 e. The first-order chi connectivity index (χ1) is 8.52. The largest absolute Gasteiger partial charge is 0.310 e. The normalized spacial score (nSPS) is 22.0. The molecule has 102 valence electrons. The van der Waals surface area contributed by atoms with E-state index in [0.717, 1.165) is 12.1 Å². The van der Waals surface area contributed by atoms with E-state index in [1.54, 1.807) is 4.68 Å². The molecule has 0 amide bonds. The van der Waals surface area contributed by atoms with E-state index in [9.17, 15) is 8.78 Å². The molecule has 0 saturated heterocycles. The number of hydrogen-bond donors (Lipinski definition) is 1. The summed E-state index contributed by atoms with van der Waals surface area (Å²) in [5.41, 5.74) is 1.11. The molecule has 0 spiro atoms. The second-order valence-electron chi connectivity index (χ2n) is 5.18. The second-order valence-corrected chi connectivity index (χ2v) is 5.18. The van der Waals surface area contributed by atoms with Crippen LogP contribution in [0.25, 0.3) is 0 Å². The summed E-state index contributed by atoms with van der Waals surface area (Å²) in [5.74, 6) is -2.17. The van der Waals surface area contributed by atoms with Crippen molar-refractivity contribution in [3.8, 4) is 0 Å². The number of alkyl halides is 2. The molecule has 1 atom stereocenters. The van der Waals surface area contributed by atoms with Crippen molar-refractivity contribution >= 4 is 0 Å². The van der Waals surface area contributed by atoms with E-state index in [2.05, 4.69) is 10.4 Å². The Labute approximate surface area is 107 Å². The van der Waals surface area contributed by atoms with E-state index in [1.807, 2.05) is 26.4 Å². The molecule has 1 aliphatic carbocycles. The highest BCUT2D eigenvalue weighted by molar-refractivity contribution is 5.12. The van der Waals surface area contributed by atoms with Crippen molar-refractivity contribution in [1.82, 2.24) is 15.1 Å². The lowest BCUT2D eigenvalue weighted by molar-refractivity contribution is -0.0497. The Hall–Kier alpha value is -0.970. The van der Waals surface area contributed by atoms with Crippen molar-refractivity contribution in [3.05, 3.63) is 18.0 Å². The average molecular weight is 257 g/mol. The topological polar surface area (TPSA) is 29.9 Å². The number of rotatable bonds is 4. The summed E-state index contributed by atoms with van der Waals surface area (Å²) in [4.78, 5) is 0. The van der Waals surface area contributed by atoms with Gasteiger partial charge in [0.1, 0.15) is 0 Å². The van der Waals surface area contributed by atoms with Crippen LogP contribution in [-0.4, -0.2) is 22.2 Å². The molecule has 1 fully saturated rings. The molecule has 0 aromatic carbocycles. The van der Waals surface area contributed by atoms with Gasteiger partial charge in [-0.25, -0.2) is 8.78 Å². The number of halogens is 2. The first-order valence-electron chi connectivity index (χ1n) is 6.61. The summed E-state index contributed by atoms with van der Waals surface area (Å²) in [6.45, 7) is 2.88. The molecular weight excluding hydrogens is 236 g/mol. The monoisotopic (exact) mass is 257 g/mol. The average Bonchev–Trinajstić information content (AvgIpc) is 2.73. The van der Waals surface area contributed by atoms with Crippen LogP contribution in [-0.2, 0) is 7.05 Å². The van der Waals surface area contributed by atoms with Crippen LogP contribution in [0.1, 0.15) is 44.2 Å². The summed E-state index contributed by atoms with van der Waals surface area (Å²) in [6.07, 6.45) is 5.00. The van der Waals surface area contributed by atoms with Crippen LogP contribution >= 0.6 is 0 Å². The van der Waals surface area contributed by atoms with Crippen LogP contribution in [0.3, 0.4) is 0 Å². The van der Waals surface area contributed by atoms with Gasteiger partial charge in [0, 0.05) is 37.7 Å². The van der Waals surface area contributed by atoms with Crippen LogP contribution in [0.2, 0.25) is 0 Å². The Morgan fingerprint density at radius 1 is 1.50 bits per heavy atom. The molecule has 2 rings (SSSR count). The van der Waals surface area contributed by atoms with Crippen molar-refractivity contribution in [2.75, 3.05) is 6.54 Å². The molecule has 1 aromatic rings. The van der Waals surface area contributed by atoms with Crippen LogP contribution in [0, 0.1) is 5.92 Å². The molecule has 1 aliphatic rings. The van der Waals surface area contributed by atoms with E-state index in [4.69, 9.17) is 0 Å². The van der Waals surface area contributed by atoms with Crippen LogP contribution in [0.5, 0.6) is 0 Å². The van der Waals surface area contributed by atoms with Gasteiger partial charge in [-0.2, -0.15) is 5.10 Å². The van der Waals surface area contributed by atoms with E-state index < -0.39 is 5.92 Å². The molecule has 1 N–H and O–H groups in total. The zero-order valence-electron chi connectivity index (χ0n) is 11.0. The molecule has 0 radical (unpaired) electrons. The molecule has 1 heterocycles. The van der Waals surface area contributed by atoms with Gasteiger partial charge in [0.05, 0.1) is 6.20 Å². The number of aromatic nitrogens is 2. The molecule has 0 bridgehead atoms. The Bertz CT molecular complexity index is 379. The molecule has 1 saturated carbocycles. The lowest BCUT2D eigenvalue weighted by Crippen LogP contribution is -2.33. The van der Waals surface area contributed by atoms with Crippen molar-refractivity contribution in [2.45, 2.75) is 44.6 Å². The van der Waals surface area contributed by atoms with Crippen LogP contribution in [0.4, 0.5) is 8.78 Å². The summed E-state index contributed by atoms with van der Waals surface area (Å²) >= 11 is 0. The predicted molar refractivity (Wildman–Crippen MR) is 66.5 cm³/mol. The van der Waals surface area contributed by atoms with Crippen LogP contribution in [0.15, 0.2) is 12.4 Å². The maximum atomic E-state index is 13.2. The first kappa shape index (κ1) is 13.5. The zero-order chi connectivity index (χ0) is 13.2. The van der Waals surface area contributed by atoms with Gasteiger partial charge in [0.15, 0.2) is 0 Å². The molecule has 3 nitrogen and oxygen atoms in total. The van der Waals surface area contributed by atoms with Gasteiger partial charge >= 0.3 is 0 Å². The van der Waals surface area contributed by atoms with Gasteiger partial charge in [0.25, 0.3) is 0 Å². The summed E-state index contributed by atoms with van der Waals surface area (Å²) < 4.78 is 28.2.